The largest absolute Gasteiger partial charge is 0.207 e. The van der Waals surface area contributed by atoms with Crippen LogP contribution in [0.15, 0.2) is 36.4 Å². The number of halogens is 1. The number of aryl methyl sites for hydroxylation is 1. The molecule has 0 unspecified atom stereocenters. The fourth-order valence-corrected chi connectivity index (χ4v) is 1.70. The van der Waals surface area contributed by atoms with Gasteiger partial charge < -0.3 is 0 Å². The van der Waals surface area contributed by atoms with Gasteiger partial charge in [-0.2, -0.15) is 9.61 Å². The van der Waals surface area contributed by atoms with E-state index in [1.54, 1.807) is 16.6 Å². The third kappa shape index (κ3) is 1.65. The Morgan fingerprint density at radius 3 is 2.82 bits per heavy atom. The highest BCUT2D eigenvalue weighted by Gasteiger charge is 2.05. The Kier molecular flexibility index (Phi) is 2.11. The Labute approximate surface area is 96.7 Å². The number of fused-ring (bicyclic) bond motifs is 1. The average molecular weight is 228 g/mol. The van der Waals surface area contributed by atoms with E-state index in [4.69, 9.17) is 0 Å². The number of aromatic nitrogens is 4. The quantitative estimate of drug-likeness (QED) is 0.641. The summed E-state index contributed by atoms with van der Waals surface area (Å²) in [5.74, 6) is 0.433. The summed E-state index contributed by atoms with van der Waals surface area (Å²) >= 11 is 0. The molecule has 0 N–H and O–H groups in total. The molecule has 5 heteroatoms. The molecule has 0 fully saturated rings. The molecule has 17 heavy (non-hydrogen) atoms. The zero-order valence-corrected chi connectivity index (χ0v) is 9.13. The first kappa shape index (κ1) is 9.89. The van der Waals surface area contributed by atoms with E-state index in [9.17, 15) is 4.39 Å². The van der Waals surface area contributed by atoms with E-state index in [-0.39, 0.29) is 5.82 Å². The van der Waals surface area contributed by atoms with Crippen molar-refractivity contribution in [1.82, 2.24) is 19.8 Å². The number of nitrogens with zero attached hydrogens (tertiary/aromatic N) is 4. The summed E-state index contributed by atoms with van der Waals surface area (Å²) in [4.78, 5) is 0. The molecule has 2 heterocycles. The molecule has 1 aromatic carbocycles. The number of rotatable bonds is 1. The van der Waals surface area contributed by atoms with E-state index in [0.29, 0.717) is 17.2 Å². The fraction of sp³-hybridized carbons (Fsp3) is 0.0833. The molecule has 0 bridgehead atoms. The lowest BCUT2D eigenvalue weighted by Gasteiger charge is -2.01. The normalized spacial score (nSPS) is 10.9. The molecule has 4 nitrogen and oxygen atoms in total. The lowest BCUT2D eigenvalue weighted by molar-refractivity contribution is 0.628. The van der Waals surface area contributed by atoms with Gasteiger partial charge in [-0.15, -0.1) is 10.2 Å². The van der Waals surface area contributed by atoms with Crippen molar-refractivity contribution in [2.75, 3.05) is 0 Å². The summed E-state index contributed by atoms with van der Waals surface area (Å²) in [6.07, 6.45) is 0. The Balaban J connectivity index is 2.20. The van der Waals surface area contributed by atoms with Crippen molar-refractivity contribution in [3.8, 4) is 11.3 Å². The molecule has 0 aliphatic heterocycles. The van der Waals surface area contributed by atoms with Crippen LogP contribution in [0.4, 0.5) is 4.39 Å². The van der Waals surface area contributed by atoms with Crippen LogP contribution in [0.25, 0.3) is 16.9 Å². The summed E-state index contributed by atoms with van der Waals surface area (Å²) in [6.45, 7) is 1.82. The van der Waals surface area contributed by atoms with E-state index < -0.39 is 0 Å². The zero-order valence-electron chi connectivity index (χ0n) is 9.13. The summed E-state index contributed by atoms with van der Waals surface area (Å²) in [6, 6.07) is 9.96. The van der Waals surface area contributed by atoms with Gasteiger partial charge >= 0.3 is 0 Å². The van der Waals surface area contributed by atoms with E-state index in [1.165, 1.54) is 12.1 Å². The zero-order chi connectivity index (χ0) is 11.8. The second-order valence-electron chi connectivity index (χ2n) is 3.75. The standard InChI is InChI=1S/C12H9FN4/c1-8-14-15-12-6-5-11(16-17(8)12)9-3-2-4-10(13)7-9/h2-7H,1H3. The van der Waals surface area contributed by atoms with Crippen LogP contribution in [0.3, 0.4) is 0 Å². The highest BCUT2D eigenvalue weighted by Crippen LogP contribution is 2.18. The molecule has 84 valence electrons. The number of benzene rings is 1. The second kappa shape index (κ2) is 3.62. The second-order valence-corrected chi connectivity index (χ2v) is 3.75. The highest BCUT2D eigenvalue weighted by molar-refractivity contribution is 5.60. The molecular formula is C12H9FN4. The van der Waals surface area contributed by atoms with Crippen molar-refractivity contribution in [3.05, 3.63) is 48.0 Å². The molecule has 3 aromatic rings. The van der Waals surface area contributed by atoms with Crippen LogP contribution in [0, 0.1) is 12.7 Å². The number of hydrogen-bond acceptors (Lipinski definition) is 3. The highest BCUT2D eigenvalue weighted by atomic mass is 19.1. The average Bonchev–Trinajstić information content (AvgIpc) is 2.71. The van der Waals surface area contributed by atoms with E-state index in [0.717, 1.165) is 5.56 Å². The van der Waals surface area contributed by atoms with Gasteiger partial charge in [-0.05, 0) is 31.2 Å². The predicted molar refractivity (Wildman–Crippen MR) is 60.9 cm³/mol. The monoisotopic (exact) mass is 228 g/mol. The van der Waals surface area contributed by atoms with Gasteiger partial charge in [-0.3, -0.25) is 0 Å². The lowest BCUT2D eigenvalue weighted by atomic mass is 10.1. The molecule has 0 radical (unpaired) electrons. The molecular weight excluding hydrogens is 219 g/mol. The SMILES string of the molecule is Cc1nnc2ccc(-c3cccc(F)c3)nn12. The van der Waals surface area contributed by atoms with Crippen molar-refractivity contribution >= 4 is 5.65 Å². The van der Waals surface area contributed by atoms with Crippen molar-refractivity contribution < 1.29 is 4.39 Å². The summed E-state index contributed by atoms with van der Waals surface area (Å²) in [5, 5.41) is 12.2. The van der Waals surface area contributed by atoms with Gasteiger partial charge in [-0.25, -0.2) is 4.39 Å². The van der Waals surface area contributed by atoms with Crippen LogP contribution in [0.1, 0.15) is 5.82 Å². The van der Waals surface area contributed by atoms with Gasteiger partial charge in [-0.1, -0.05) is 12.1 Å². The summed E-state index contributed by atoms with van der Waals surface area (Å²) < 4.78 is 14.8. The first-order chi connectivity index (χ1) is 8.24. The molecule has 0 saturated carbocycles. The van der Waals surface area contributed by atoms with Crippen LogP contribution >= 0.6 is 0 Å². The lowest BCUT2D eigenvalue weighted by Crippen LogP contribution is -1.96. The number of hydrogen-bond donors (Lipinski definition) is 0. The Bertz CT molecular complexity index is 690. The first-order valence-electron chi connectivity index (χ1n) is 5.19. The van der Waals surface area contributed by atoms with Crippen molar-refractivity contribution in [3.63, 3.8) is 0 Å². The molecule has 0 amide bonds. The van der Waals surface area contributed by atoms with Gasteiger partial charge in [0.1, 0.15) is 5.82 Å². The van der Waals surface area contributed by atoms with Crippen molar-refractivity contribution in [2.45, 2.75) is 6.92 Å². The van der Waals surface area contributed by atoms with Crippen LogP contribution in [0.2, 0.25) is 0 Å². The molecule has 0 aliphatic rings. The van der Waals surface area contributed by atoms with Crippen molar-refractivity contribution in [1.29, 1.82) is 0 Å². The van der Waals surface area contributed by atoms with Gasteiger partial charge in [0.2, 0.25) is 0 Å². The van der Waals surface area contributed by atoms with Gasteiger partial charge in [0, 0.05) is 5.56 Å². The third-order valence-electron chi connectivity index (χ3n) is 2.54. The van der Waals surface area contributed by atoms with Gasteiger partial charge in [0.15, 0.2) is 11.5 Å². The van der Waals surface area contributed by atoms with E-state index >= 15 is 0 Å². The van der Waals surface area contributed by atoms with E-state index in [2.05, 4.69) is 15.3 Å². The minimum absolute atomic E-state index is 0.273. The molecule has 0 spiro atoms. The smallest absolute Gasteiger partial charge is 0.177 e. The molecule has 0 atom stereocenters. The molecule has 0 saturated heterocycles. The maximum absolute atomic E-state index is 13.1. The molecule has 3 rings (SSSR count). The van der Waals surface area contributed by atoms with Crippen LogP contribution in [-0.4, -0.2) is 19.8 Å². The van der Waals surface area contributed by atoms with Gasteiger partial charge in [0.05, 0.1) is 5.69 Å². The predicted octanol–water partition coefficient (Wildman–Crippen LogP) is 2.24. The molecule has 2 aromatic heterocycles. The fourth-order valence-electron chi connectivity index (χ4n) is 1.70. The maximum Gasteiger partial charge on any atom is 0.177 e. The maximum atomic E-state index is 13.1. The topological polar surface area (TPSA) is 43.1 Å². The Hall–Kier alpha value is -2.30. The van der Waals surface area contributed by atoms with Crippen molar-refractivity contribution in [2.24, 2.45) is 0 Å². The Morgan fingerprint density at radius 2 is 2.00 bits per heavy atom. The summed E-state index contributed by atoms with van der Waals surface area (Å²) in [5.41, 5.74) is 2.11. The Morgan fingerprint density at radius 1 is 1.12 bits per heavy atom. The van der Waals surface area contributed by atoms with Crippen LogP contribution < -0.4 is 0 Å². The van der Waals surface area contributed by atoms with Gasteiger partial charge in [0.25, 0.3) is 0 Å². The van der Waals surface area contributed by atoms with Crippen LogP contribution in [0.5, 0.6) is 0 Å². The third-order valence-corrected chi connectivity index (χ3v) is 2.54. The molecule has 0 aliphatic carbocycles. The first-order valence-corrected chi connectivity index (χ1v) is 5.19. The van der Waals surface area contributed by atoms with E-state index in [1.807, 2.05) is 19.1 Å². The minimum Gasteiger partial charge on any atom is -0.207 e. The minimum atomic E-state index is -0.273. The van der Waals surface area contributed by atoms with Crippen LogP contribution in [-0.2, 0) is 0 Å². The summed E-state index contributed by atoms with van der Waals surface area (Å²) in [7, 11) is 0.